The second-order valence-electron chi connectivity index (χ2n) is 3.51. The van der Waals surface area contributed by atoms with Crippen molar-refractivity contribution in [1.29, 1.82) is 0 Å². The molecule has 0 atom stereocenters. The van der Waals surface area contributed by atoms with E-state index < -0.39 is 4.92 Å². The summed E-state index contributed by atoms with van der Waals surface area (Å²) in [4.78, 5) is 14.3. The maximum Gasteiger partial charge on any atom is 0.292 e. The number of nitrogens with one attached hydrogen (secondary N) is 1. The lowest BCUT2D eigenvalue weighted by atomic mass is 10.2. The molecule has 0 aliphatic heterocycles. The summed E-state index contributed by atoms with van der Waals surface area (Å²) in [6.45, 7) is 1.89. The van der Waals surface area contributed by atoms with Gasteiger partial charge in [0.05, 0.1) is 11.5 Å². The Balaban J connectivity index is 2.17. The van der Waals surface area contributed by atoms with E-state index in [-0.39, 0.29) is 12.2 Å². The summed E-state index contributed by atoms with van der Waals surface area (Å²) in [6, 6.07) is 4.27. The van der Waals surface area contributed by atoms with Gasteiger partial charge in [0.25, 0.3) is 5.69 Å². The van der Waals surface area contributed by atoms with Crippen LogP contribution in [0.2, 0.25) is 5.02 Å². The third-order valence-electron chi connectivity index (χ3n) is 2.15. The molecular formula is C10H9ClN4O3. The molecule has 0 amide bonds. The first-order valence-electron chi connectivity index (χ1n) is 5.03. The quantitative estimate of drug-likeness (QED) is 0.676. The van der Waals surface area contributed by atoms with Crippen LogP contribution in [-0.2, 0) is 6.54 Å². The predicted octanol–water partition coefficient (Wildman–Crippen LogP) is 2.55. The molecule has 1 N–H and O–H groups in total. The summed E-state index contributed by atoms with van der Waals surface area (Å²) < 4.78 is 4.89. The Bertz CT molecular complexity index is 584. The zero-order chi connectivity index (χ0) is 13.1. The predicted molar refractivity (Wildman–Crippen MR) is 64.5 cm³/mol. The van der Waals surface area contributed by atoms with E-state index in [0.717, 1.165) is 0 Å². The lowest BCUT2D eigenvalue weighted by Crippen LogP contribution is -2.03. The van der Waals surface area contributed by atoms with Crippen molar-refractivity contribution >= 4 is 23.0 Å². The van der Waals surface area contributed by atoms with Gasteiger partial charge in [-0.2, -0.15) is 4.98 Å². The Hall–Kier alpha value is -2.15. The van der Waals surface area contributed by atoms with Crippen molar-refractivity contribution in [2.75, 3.05) is 5.32 Å². The molecule has 7 nitrogen and oxygen atoms in total. The van der Waals surface area contributed by atoms with Gasteiger partial charge in [-0.1, -0.05) is 16.8 Å². The number of nitrogens with zero attached hydrogens (tertiary/aromatic N) is 3. The summed E-state index contributed by atoms with van der Waals surface area (Å²) in [6.07, 6.45) is 0. The van der Waals surface area contributed by atoms with Crippen molar-refractivity contribution < 1.29 is 9.45 Å². The standard InChI is InChI=1S/C10H9ClN4O3/c1-6-13-10(18-14-6)5-12-8-4-7(11)2-3-9(8)15(16)17/h2-4,12H,5H2,1H3. The zero-order valence-corrected chi connectivity index (χ0v) is 10.1. The van der Waals surface area contributed by atoms with Crippen molar-refractivity contribution in [3.63, 3.8) is 0 Å². The molecule has 0 saturated carbocycles. The summed E-state index contributed by atoms with van der Waals surface area (Å²) >= 11 is 5.79. The van der Waals surface area contributed by atoms with Gasteiger partial charge in [-0.3, -0.25) is 10.1 Å². The zero-order valence-electron chi connectivity index (χ0n) is 9.38. The van der Waals surface area contributed by atoms with E-state index in [1.54, 1.807) is 6.92 Å². The molecule has 0 saturated heterocycles. The molecule has 2 aromatic rings. The molecule has 0 aliphatic rings. The monoisotopic (exact) mass is 268 g/mol. The fourth-order valence-electron chi connectivity index (χ4n) is 1.39. The Morgan fingerprint density at radius 3 is 2.94 bits per heavy atom. The second-order valence-corrected chi connectivity index (χ2v) is 3.94. The molecule has 2 rings (SSSR count). The average Bonchev–Trinajstić information content (AvgIpc) is 2.72. The number of halogens is 1. The third kappa shape index (κ3) is 2.75. The Kier molecular flexibility index (Phi) is 3.42. The first kappa shape index (κ1) is 12.3. The first-order valence-corrected chi connectivity index (χ1v) is 5.41. The van der Waals surface area contributed by atoms with Crippen LogP contribution in [0.1, 0.15) is 11.7 Å². The molecule has 0 fully saturated rings. The van der Waals surface area contributed by atoms with Crippen molar-refractivity contribution in [3.05, 3.63) is 45.1 Å². The van der Waals surface area contributed by atoms with E-state index >= 15 is 0 Å². The third-order valence-corrected chi connectivity index (χ3v) is 2.39. The highest BCUT2D eigenvalue weighted by Gasteiger charge is 2.14. The van der Waals surface area contributed by atoms with Crippen LogP contribution in [0.15, 0.2) is 22.7 Å². The number of anilines is 1. The topological polar surface area (TPSA) is 94.1 Å². The minimum atomic E-state index is -0.488. The highest BCUT2D eigenvalue weighted by atomic mass is 35.5. The molecular weight excluding hydrogens is 260 g/mol. The van der Waals surface area contributed by atoms with Crippen molar-refractivity contribution in [2.45, 2.75) is 13.5 Å². The van der Waals surface area contributed by atoms with Crippen LogP contribution in [0.3, 0.4) is 0 Å². The van der Waals surface area contributed by atoms with Gasteiger partial charge < -0.3 is 9.84 Å². The van der Waals surface area contributed by atoms with Gasteiger partial charge in [0, 0.05) is 11.1 Å². The second kappa shape index (κ2) is 5.01. The first-order chi connectivity index (χ1) is 8.56. The van der Waals surface area contributed by atoms with E-state index in [1.807, 2.05) is 0 Å². The van der Waals surface area contributed by atoms with Crippen molar-refractivity contribution in [3.8, 4) is 0 Å². The number of hydrogen-bond donors (Lipinski definition) is 1. The summed E-state index contributed by atoms with van der Waals surface area (Å²) in [7, 11) is 0. The SMILES string of the molecule is Cc1noc(CNc2cc(Cl)ccc2[N+](=O)[O-])n1. The fraction of sp³-hybridized carbons (Fsp3) is 0.200. The van der Waals surface area contributed by atoms with Crippen LogP contribution in [0, 0.1) is 17.0 Å². The van der Waals surface area contributed by atoms with Gasteiger partial charge >= 0.3 is 0 Å². The summed E-state index contributed by atoms with van der Waals surface area (Å²) in [5.74, 6) is 0.856. The lowest BCUT2D eigenvalue weighted by molar-refractivity contribution is -0.384. The molecule has 8 heteroatoms. The molecule has 0 radical (unpaired) electrons. The Labute approximate surface area is 107 Å². The number of rotatable bonds is 4. The average molecular weight is 269 g/mol. The van der Waals surface area contributed by atoms with Gasteiger partial charge in [-0.05, 0) is 19.1 Å². The maximum atomic E-state index is 10.8. The molecule has 94 valence electrons. The van der Waals surface area contributed by atoms with Crippen LogP contribution in [0.5, 0.6) is 0 Å². The highest BCUT2D eigenvalue weighted by molar-refractivity contribution is 6.31. The lowest BCUT2D eigenvalue weighted by Gasteiger charge is -2.04. The molecule has 1 aromatic carbocycles. The number of nitro benzene ring substituents is 1. The smallest absolute Gasteiger partial charge is 0.292 e. The minimum absolute atomic E-state index is 0.0596. The fourth-order valence-corrected chi connectivity index (χ4v) is 1.56. The number of aromatic nitrogens is 2. The van der Waals surface area contributed by atoms with Gasteiger partial charge in [-0.25, -0.2) is 0 Å². The van der Waals surface area contributed by atoms with E-state index in [2.05, 4.69) is 15.5 Å². The van der Waals surface area contributed by atoms with Crippen molar-refractivity contribution in [2.24, 2.45) is 0 Å². The molecule has 0 spiro atoms. The Morgan fingerprint density at radius 2 is 2.33 bits per heavy atom. The van der Waals surface area contributed by atoms with E-state index in [1.165, 1.54) is 18.2 Å². The largest absolute Gasteiger partial charge is 0.370 e. The summed E-state index contributed by atoms with van der Waals surface area (Å²) in [5.41, 5.74) is 0.249. The van der Waals surface area contributed by atoms with Crippen molar-refractivity contribution in [1.82, 2.24) is 10.1 Å². The van der Waals surface area contributed by atoms with E-state index in [4.69, 9.17) is 16.1 Å². The van der Waals surface area contributed by atoms with Gasteiger partial charge in [-0.15, -0.1) is 0 Å². The molecule has 0 aliphatic carbocycles. The van der Waals surface area contributed by atoms with Gasteiger partial charge in [0.2, 0.25) is 5.89 Å². The van der Waals surface area contributed by atoms with E-state index in [9.17, 15) is 10.1 Å². The van der Waals surface area contributed by atoms with Gasteiger partial charge in [0.15, 0.2) is 5.82 Å². The van der Waals surface area contributed by atoms with E-state index in [0.29, 0.717) is 22.4 Å². The number of benzene rings is 1. The van der Waals surface area contributed by atoms with Crippen LogP contribution in [0.4, 0.5) is 11.4 Å². The molecule has 1 heterocycles. The normalized spacial score (nSPS) is 10.3. The minimum Gasteiger partial charge on any atom is -0.370 e. The number of nitro groups is 1. The van der Waals surface area contributed by atoms with Crippen LogP contribution in [-0.4, -0.2) is 15.1 Å². The maximum absolute atomic E-state index is 10.8. The highest BCUT2D eigenvalue weighted by Crippen LogP contribution is 2.27. The number of hydrogen-bond acceptors (Lipinski definition) is 6. The van der Waals surface area contributed by atoms with Crippen LogP contribution in [0.25, 0.3) is 0 Å². The molecule has 1 aromatic heterocycles. The molecule has 0 unspecified atom stereocenters. The molecule has 0 bridgehead atoms. The van der Waals surface area contributed by atoms with Crippen LogP contribution < -0.4 is 5.32 Å². The van der Waals surface area contributed by atoms with Crippen LogP contribution >= 0.6 is 11.6 Å². The van der Waals surface area contributed by atoms with Gasteiger partial charge in [0.1, 0.15) is 5.69 Å². The number of aryl methyl sites for hydroxylation is 1. The Morgan fingerprint density at radius 1 is 1.56 bits per heavy atom. The molecule has 18 heavy (non-hydrogen) atoms. The summed E-state index contributed by atoms with van der Waals surface area (Å²) in [5, 5.41) is 17.7.